The van der Waals surface area contributed by atoms with Crippen molar-refractivity contribution in [2.24, 2.45) is 0 Å². The molecule has 0 bridgehead atoms. The molecule has 7 heteroatoms. The summed E-state index contributed by atoms with van der Waals surface area (Å²) in [6.07, 6.45) is 8.45. The minimum atomic E-state index is 0.706. The van der Waals surface area contributed by atoms with Crippen molar-refractivity contribution in [1.82, 2.24) is 24.7 Å². The van der Waals surface area contributed by atoms with Crippen molar-refractivity contribution in [2.75, 3.05) is 11.4 Å². The highest BCUT2D eigenvalue weighted by molar-refractivity contribution is 6.35. The van der Waals surface area contributed by atoms with E-state index < -0.39 is 0 Å². The molecule has 6 rings (SSSR count). The Kier molecular flexibility index (Phi) is 5.76. The molecule has 0 radical (unpaired) electrons. The van der Waals surface area contributed by atoms with Crippen LogP contribution in [0.3, 0.4) is 0 Å². The van der Waals surface area contributed by atoms with Gasteiger partial charge in [-0.1, -0.05) is 49.7 Å². The van der Waals surface area contributed by atoms with Gasteiger partial charge in [-0.3, -0.25) is 0 Å². The van der Waals surface area contributed by atoms with Crippen molar-refractivity contribution in [3.05, 3.63) is 88.0 Å². The molecule has 182 valence electrons. The number of nitrogens with one attached hydrogen (secondary N) is 1. The van der Waals surface area contributed by atoms with Crippen LogP contribution in [0.1, 0.15) is 41.8 Å². The molecule has 2 aromatic carbocycles. The van der Waals surface area contributed by atoms with Gasteiger partial charge in [-0.05, 0) is 48.6 Å². The minimum absolute atomic E-state index is 0.706. The van der Waals surface area contributed by atoms with Gasteiger partial charge >= 0.3 is 0 Å². The van der Waals surface area contributed by atoms with Gasteiger partial charge in [0.1, 0.15) is 0 Å². The normalized spacial score (nSPS) is 13.4. The number of nitrogens with zero attached hydrogens (tertiary/aromatic N) is 5. The van der Waals surface area contributed by atoms with Crippen LogP contribution in [0.5, 0.6) is 0 Å². The predicted molar refractivity (Wildman–Crippen MR) is 146 cm³/mol. The van der Waals surface area contributed by atoms with E-state index in [9.17, 15) is 0 Å². The topological polar surface area (TPSA) is 62.6 Å². The lowest BCUT2D eigenvalue weighted by Crippen LogP contribution is -2.31. The highest BCUT2D eigenvalue weighted by Gasteiger charge is 2.29. The largest absolute Gasteiger partial charge is 0.360 e. The number of fused-ring (bicyclic) bond motifs is 2. The number of aromatic amines is 1. The maximum atomic E-state index is 6.56. The molecule has 36 heavy (non-hydrogen) atoms. The van der Waals surface area contributed by atoms with E-state index in [4.69, 9.17) is 16.7 Å². The van der Waals surface area contributed by atoms with E-state index in [-0.39, 0.29) is 0 Å². The van der Waals surface area contributed by atoms with Crippen molar-refractivity contribution in [3.8, 4) is 16.9 Å². The Labute approximate surface area is 216 Å². The Morgan fingerprint density at radius 2 is 1.75 bits per heavy atom. The van der Waals surface area contributed by atoms with Crippen LogP contribution >= 0.6 is 11.6 Å². The summed E-state index contributed by atoms with van der Waals surface area (Å²) < 4.78 is 2.21. The van der Waals surface area contributed by atoms with Gasteiger partial charge in [0.25, 0.3) is 0 Å². The summed E-state index contributed by atoms with van der Waals surface area (Å²) in [7, 11) is 0. The fourth-order valence-electron chi connectivity index (χ4n) is 5.35. The summed E-state index contributed by atoms with van der Waals surface area (Å²) in [6.45, 7) is 7.98. The highest BCUT2D eigenvalue weighted by Crippen LogP contribution is 2.40. The molecule has 1 aliphatic heterocycles. The number of para-hydroxylation sites is 1. The van der Waals surface area contributed by atoms with Gasteiger partial charge in [0.05, 0.1) is 27.6 Å². The first-order chi connectivity index (χ1) is 17.6. The van der Waals surface area contributed by atoms with Crippen LogP contribution in [0.2, 0.25) is 5.02 Å². The molecule has 1 aliphatic rings. The van der Waals surface area contributed by atoms with Crippen LogP contribution < -0.4 is 4.90 Å². The molecule has 1 N–H and O–H groups in total. The monoisotopic (exact) mass is 496 g/mol. The SMILES string of the molecule is CCc1cccc(CC)c1-n1nc2c(c1-c1ccc(Cl)c3[nH]ccc13)CN(c1ncc(C)cn1)CC2. The summed E-state index contributed by atoms with van der Waals surface area (Å²) in [5.74, 6) is 0.760. The number of benzene rings is 2. The Morgan fingerprint density at radius 3 is 2.47 bits per heavy atom. The van der Waals surface area contributed by atoms with Crippen LogP contribution in [0, 0.1) is 6.92 Å². The second-order valence-corrected chi connectivity index (χ2v) is 9.82. The second-order valence-electron chi connectivity index (χ2n) is 9.41. The minimum Gasteiger partial charge on any atom is -0.360 e. The molecule has 0 fully saturated rings. The quantitative estimate of drug-likeness (QED) is 0.303. The number of hydrogen-bond acceptors (Lipinski definition) is 4. The molecule has 6 nitrogen and oxygen atoms in total. The Bertz CT molecular complexity index is 1540. The second kappa shape index (κ2) is 9.10. The lowest BCUT2D eigenvalue weighted by Gasteiger charge is -2.27. The molecular weight excluding hydrogens is 468 g/mol. The van der Waals surface area contributed by atoms with E-state index in [1.807, 2.05) is 31.6 Å². The van der Waals surface area contributed by atoms with E-state index >= 15 is 0 Å². The first kappa shape index (κ1) is 22.8. The molecule has 0 unspecified atom stereocenters. The van der Waals surface area contributed by atoms with Gasteiger partial charge < -0.3 is 9.88 Å². The third kappa shape index (κ3) is 3.68. The maximum absolute atomic E-state index is 6.56. The van der Waals surface area contributed by atoms with Crippen molar-refractivity contribution in [3.63, 3.8) is 0 Å². The fraction of sp³-hybridized carbons (Fsp3) is 0.276. The zero-order chi connectivity index (χ0) is 24.8. The summed E-state index contributed by atoms with van der Waals surface area (Å²) in [4.78, 5) is 14.8. The van der Waals surface area contributed by atoms with Gasteiger partial charge in [-0.2, -0.15) is 5.10 Å². The van der Waals surface area contributed by atoms with Crippen LogP contribution in [0.25, 0.3) is 27.8 Å². The number of anilines is 1. The number of rotatable bonds is 5. The first-order valence-corrected chi connectivity index (χ1v) is 13.0. The molecule has 0 saturated heterocycles. The van der Waals surface area contributed by atoms with E-state index in [1.165, 1.54) is 22.4 Å². The molecule has 0 saturated carbocycles. The summed E-state index contributed by atoms with van der Waals surface area (Å²) in [5, 5.41) is 7.09. The molecule has 0 aliphatic carbocycles. The summed E-state index contributed by atoms with van der Waals surface area (Å²) >= 11 is 6.56. The van der Waals surface area contributed by atoms with Crippen LogP contribution in [-0.2, 0) is 25.8 Å². The van der Waals surface area contributed by atoms with Crippen molar-refractivity contribution in [1.29, 1.82) is 0 Å². The molecule has 0 amide bonds. The Balaban J connectivity index is 1.61. The van der Waals surface area contributed by atoms with Crippen molar-refractivity contribution in [2.45, 2.75) is 46.6 Å². The van der Waals surface area contributed by atoms with Gasteiger partial charge in [0.15, 0.2) is 0 Å². The summed E-state index contributed by atoms with van der Waals surface area (Å²) in [5.41, 5.74) is 10.4. The Morgan fingerprint density at radius 1 is 1.00 bits per heavy atom. The van der Waals surface area contributed by atoms with Crippen LogP contribution in [0.15, 0.2) is 55.0 Å². The summed E-state index contributed by atoms with van der Waals surface area (Å²) in [6, 6.07) is 12.8. The first-order valence-electron chi connectivity index (χ1n) is 12.6. The number of aromatic nitrogens is 5. The van der Waals surface area contributed by atoms with E-state index in [2.05, 4.69) is 68.7 Å². The van der Waals surface area contributed by atoms with Gasteiger partial charge in [0.2, 0.25) is 5.95 Å². The molecule has 0 atom stereocenters. The number of H-pyrrole nitrogens is 1. The molecule has 0 spiro atoms. The van der Waals surface area contributed by atoms with Gasteiger partial charge in [-0.15, -0.1) is 0 Å². The smallest absolute Gasteiger partial charge is 0.225 e. The molecule has 4 heterocycles. The number of hydrogen-bond donors (Lipinski definition) is 1. The Hall–Kier alpha value is -3.64. The molecule has 5 aromatic rings. The average molecular weight is 497 g/mol. The lowest BCUT2D eigenvalue weighted by atomic mass is 9.97. The number of halogens is 1. The third-order valence-electron chi connectivity index (χ3n) is 7.19. The lowest BCUT2D eigenvalue weighted by molar-refractivity contribution is 0.694. The average Bonchev–Trinajstić information content (AvgIpc) is 3.54. The standard InChI is InChI=1S/C29H29ClN6/c1-4-19-7-6-8-20(5-2)27(19)36-28(22-9-10-24(30)26-21(22)11-13-31-26)23-17-35(14-12-25(23)34-36)29-32-15-18(3)16-33-29/h6-11,13,15-16,31H,4-5,12,14,17H2,1-3H3. The third-order valence-corrected chi connectivity index (χ3v) is 7.50. The zero-order valence-corrected chi connectivity index (χ0v) is 21.6. The molecular formula is C29H29ClN6. The fourth-order valence-corrected chi connectivity index (χ4v) is 5.57. The van der Waals surface area contributed by atoms with E-state index in [0.717, 1.165) is 70.2 Å². The maximum Gasteiger partial charge on any atom is 0.225 e. The predicted octanol–water partition coefficient (Wildman–Crippen LogP) is 6.46. The van der Waals surface area contributed by atoms with Gasteiger partial charge in [-0.25, -0.2) is 14.6 Å². The number of aryl methyl sites for hydroxylation is 3. The zero-order valence-electron chi connectivity index (χ0n) is 20.8. The van der Waals surface area contributed by atoms with E-state index in [1.54, 1.807) is 0 Å². The highest BCUT2D eigenvalue weighted by atomic mass is 35.5. The van der Waals surface area contributed by atoms with E-state index in [0.29, 0.717) is 6.54 Å². The van der Waals surface area contributed by atoms with Crippen molar-refractivity contribution < 1.29 is 0 Å². The molecule has 3 aromatic heterocycles. The van der Waals surface area contributed by atoms with Crippen molar-refractivity contribution >= 4 is 28.5 Å². The van der Waals surface area contributed by atoms with Crippen LogP contribution in [0.4, 0.5) is 5.95 Å². The van der Waals surface area contributed by atoms with Gasteiger partial charge in [0, 0.05) is 54.6 Å². The van der Waals surface area contributed by atoms with Crippen LogP contribution in [-0.4, -0.2) is 31.3 Å².